The molecular weight excluding hydrogens is 286 g/mol. The number of nitrogens with one attached hydrogen (secondary N) is 3. The van der Waals surface area contributed by atoms with Crippen LogP contribution in [0.15, 0.2) is 0 Å². The Bertz CT molecular complexity index is 222. The van der Waals surface area contributed by atoms with Gasteiger partial charge in [0, 0.05) is 0 Å². The zero-order valence-electron chi connectivity index (χ0n) is 14.2. The molecule has 0 rings (SSSR count). The Balaban J connectivity index is 5.20. The van der Waals surface area contributed by atoms with E-state index >= 15 is 0 Å². The summed E-state index contributed by atoms with van der Waals surface area (Å²) in [6, 6.07) is 1.21. The molecule has 0 radical (unpaired) electrons. The summed E-state index contributed by atoms with van der Waals surface area (Å²) < 4.78 is 12.2. The molecule has 0 saturated heterocycles. The first-order valence-corrected chi connectivity index (χ1v) is 19.8. The fraction of sp³-hybridized carbons (Fsp3) is 1.00. The molecule has 0 aromatic heterocycles. The summed E-state index contributed by atoms with van der Waals surface area (Å²) in [6.07, 6.45) is 0. The van der Waals surface area contributed by atoms with Crippen LogP contribution < -0.4 is 13.9 Å². The molecular formula is C11H35N3Si4. The first kappa shape index (κ1) is 18.7. The molecule has 0 aliphatic carbocycles. The number of hydrogen-bond donors (Lipinski definition) is 3. The van der Waals surface area contributed by atoms with Gasteiger partial charge in [-0.05, 0) is 6.04 Å². The van der Waals surface area contributed by atoms with Gasteiger partial charge in [-0.3, -0.25) is 0 Å². The van der Waals surface area contributed by atoms with Crippen molar-refractivity contribution in [1.29, 1.82) is 0 Å². The Kier molecular flexibility index (Phi) is 6.27. The third-order valence-electron chi connectivity index (χ3n) is 2.30. The Morgan fingerprint density at radius 3 is 0.889 bits per heavy atom. The van der Waals surface area contributed by atoms with Gasteiger partial charge < -0.3 is 13.9 Å². The first-order valence-electron chi connectivity index (χ1n) is 7.06. The smallest absolute Gasteiger partial charge is 0.261 e. The summed E-state index contributed by atoms with van der Waals surface area (Å²) in [4.78, 5) is 0. The Hall–Kier alpha value is 0.748. The van der Waals surface area contributed by atoms with Gasteiger partial charge in [-0.25, -0.2) is 0 Å². The van der Waals surface area contributed by atoms with E-state index in [1.165, 1.54) is 6.04 Å². The van der Waals surface area contributed by atoms with Crippen LogP contribution in [0, 0.1) is 0 Å². The van der Waals surface area contributed by atoms with E-state index in [2.05, 4.69) is 79.8 Å². The second-order valence-corrected chi connectivity index (χ2v) is 27.4. The minimum Gasteiger partial charge on any atom is -0.336 e. The van der Waals surface area contributed by atoms with Gasteiger partial charge in [-0.15, -0.1) is 0 Å². The van der Waals surface area contributed by atoms with Crippen LogP contribution in [0.5, 0.6) is 0 Å². The average molecular weight is 322 g/mol. The van der Waals surface area contributed by atoms with E-state index in [-0.39, 0.29) is 0 Å². The van der Waals surface area contributed by atoms with Crippen LogP contribution in [-0.4, -0.2) is 33.3 Å². The summed E-state index contributed by atoms with van der Waals surface area (Å²) in [5, 5.41) is 0. The molecule has 3 nitrogen and oxygen atoms in total. The van der Waals surface area contributed by atoms with Crippen molar-refractivity contribution < 1.29 is 0 Å². The lowest BCUT2D eigenvalue weighted by Gasteiger charge is -2.45. The summed E-state index contributed by atoms with van der Waals surface area (Å²) in [5.74, 6) is 0. The molecule has 0 aliphatic rings. The number of rotatable bonds is 7. The lowest BCUT2D eigenvalue weighted by atomic mass is 11.0. The molecule has 0 aromatic carbocycles. The van der Waals surface area contributed by atoms with Crippen molar-refractivity contribution >= 4 is 33.3 Å². The minimum absolute atomic E-state index is 1.21. The highest BCUT2D eigenvalue weighted by atomic mass is 28.5. The van der Waals surface area contributed by atoms with E-state index in [0.29, 0.717) is 0 Å². The van der Waals surface area contributed by atoms with Gasteiger partial charge in [-0.1, -0.05) is 65.8 Å². The molecule has 18 heavy (non-hydrogen) atoms. The maximum Gasteiger partial charge on any atom is 0.261 e. The van der Waals surface area contributed by atoms with Gasteiger partial charge in [0.15, 0.2) is 0 Å². The van der Waals surface area contributed by atoms with Crippen molar-refractivity contribution in [2.24, 2.45) is 0 Å². The molecule has 0 heterocycles. The zero-order chi connectivity index (χ0) is 14.8. The third-order valence-corrected chi connectivity index (χ3v) is 17.5. The van der Waals surface area contributed by atoms with Crippen molar-refractivity contribution in [2.75, 3.05) is 0 Å². The predicted molar refractivity (Wildman–Crippen MR) is 95.7 cm³/mol. The van der Waals surface area contributed by atoms with Crippen LogP contribution in [-0.2, 0) is 0 Å². The molecule has 0 amide bonds. The fourth-order valence-corrected chi connectivity index (χ4v) is 22.2. The second kappa shape index (κ2) is 6.02. The first-order chi connectivity index (χ1) is 7.68. The second-order valence-electron chi connectivity index (χ2n) is 8.38. The van der Waals surface area contributed by atoms with Gasteiger partial charge in [0.25, 0.3) is 8.56 Å². The van der Waals surface area contributed by atoms with Crippen molar-refractivity contribution in [2.45, 2.75) is 71.9 Å². The van der Waals surface area contributed by atoms with Crippen molar-refractivity contribution in [1.82, 2.24) is 13.9 Å². The van der Waals surface area contributed by atoms with E-state index < -0.39 is 33.3 Å². The van der Waals surface area contributed by atoms with Gasteiger partial charge in [-0.2, -0.15) is 0 Å². The van der Waals surface area contributed by atoms with Gasteiger partial charge in [0.1, 0.15) is 24.7 Å². The molecule has 0 aliphatic heterocycles. The summed E-state index contributed by atoms with van der Waals surface area (Å²) in [5.41, 5.74) is 0. The lowest BCUT2D eigenvalue weighted by Crippen LogP contribution is -2.83. The molecule has 7 heteroatoms. The molecule has 110 valence electrons. The average Bonchev–Trinajstić information content (AvgIpc) is 1.93. The van der Waals surface area contributed by atoms with Crippen LogP contribution in [0.4, 0.5) is 0 Å². The topological polar surface area (TPSA) is 36.1 Å². The summed E-state index contributed by atoms with van der Waals surface area (Å²) in [6.45, 7) is 24.0. The quantitative estimate of drug-likeness (QED) is 0.630. The molecule has 0 aromatic rings. The van der Waals surface area contributed by atoms with Crippen LogP contribution in [0.1, 0.15) is 6.92 Å². The van der Waals surface area contributed by atoms with Crippen LogP contribution in [0.3, 0.4) is 0 Å². The zero-order valence-corrected chi connectivity index (χ0v) is 18.2. The van der Waals surface area contributed by atoms with Crippen molar-refractivity contribution in [3.05, 3.63) is 0 Å². The third kappa shape index (κ3) is 8.78. The monoisotopic (exact) mass is 321 g/mol. The molecule has 0 bridgehead atoms. The highest BCUT2D eigenvalue weighted by Crippen LogP contribution is 2.12. The number of hydrogen-bond acceptors (Lipinski definition) is 3. The molecule has 0 fully saturated rings. The van der Waals surface area contributed by atoms with Gasteiger partial charge >= 0.3 is 0 Å². The van der Waals surface area contributed by atoms with E-state index in [4.69, 9.17) is 0 Å². The largest absolute Gasteiger partial charge is 0.336 e. The fourth-order valence-electron chi connectivity index (χ4n) is 2.28. The van der Waals surface area contributed by atoms with Crippen molar-refractivity contribution in [3.63, 3.8) is 0 Å². The Labute approximate surface area is 119 Å². The van der Waals surface area contributed by atoms with E-state index in [1.54, 1.807) is 0 Å². The highest BCUT2D eigenvalue weighted by molar-refractivity contribution is 7.01. The van der Waals surface area contributed by atoms with E-state index in [9.17, 15) is 0 Å². The highest BCUT2D eigenvalue weighted by Gasteiger charge is 2.42. The van der Waals surface area contributed by atoms with Gasteiger partial charge in [0.05, 0.1) is 0 Å². The normalized spacial score (nSPS) is 15.0. The maximum atomic E-state index is 4.06. The van der Waals surface area contributed by atoms with Crippen LogP contribution >= 0.6 is 0 Å². The minimum atomic E-state index is -1.74. The van der Waals surface area contributed by atoms with Crippen molar-refractivity contribution in [3.8, 4) is 0 Å². The van der Waals surface area contributed by atoms with Gasteiger partial charge in [0.2, 0.25) is 0 Å². The molecule has 0 spiro atoms. The Morgan fingerprint density at radius 2 is 0.778 bits per heavy atom. The van der Waals surface area contributed by atoms with E-state index in [0.717, 1.165) is 0 Å². The summed E-state index contributed by atoms with van der Waals surface area (Å²) in [7, 11) is -5.59. The predicted octanol–water partition coefficient (Wildman–Crippen LogP) is 3.22. The summed E-state index contributed by atoms with van der Waals surface area (Å²) >= 11 is 0. The van der Waals surface area contributed by atoms with Crippen LogP contribution in [0.25, 0.3) is 0 Å². The molecule has 0 atom stereocenters. The maximum absolute atomic E-state index is 4.06. The standard InChI is InChI=1S/C11H35N3Si4/c1-11-18(12-15(2,3)4,13-16(5,6)7)14-17(8,9)10/h12-14H,11H2,1-10H3. The SMILES string of the molecule is CC[Si](N[Si](C)(C)C)(N[Si](C)(C)C)N[Si](C)(C)C. The Morgan fingerprint density at radius 1 is 0.556 bits per heavy atom. The lowest BCUT2D eigenvalue weighted by molar-refractivity contribution is 1.03. The van der Waals surface area contributed by atoms with Crippen LogP contribution in [0.2, 0.25) is 65.0 Å². The molecule has 3 N–H and O–H groups in total. The molecule has 0 saturated carbocycles. The van der Waals surface area contributed by atoms with E-state index in [1.807, 2.05) is 0 Å². The molecule has 0 unspecified atom stereocenters.